The number of rotatable bonds is 5. The van der Waals surface area contributed by atoms with Crippen molar-refractivity contribution < 1.29 is 4.39 Å². The van der Waals surface area contributed by atoms with E-state index in [9.17, 15) is 4.39 Å². The molecule has 2 rings (SSSR count). The monoisotopic (exact) mass is 355 g/mol. The van der Waals surface area contributed by atoms with E-state index in [1.165, 1.54) is 12.1 Å². The highest BCUT2D eigenvalue weighted by atomic mass is 79.9. The molecule has 0 aromatic heterocycles. The third-order valence-electron chi connectivity index (χ3n) is 3.05. The van der Waals surface area contributed by atoms with Crippen molar-refractivity contribution in [2.24, 2.45) is 0 Å². The zero-order valence-electron chi connectivity index (χ0n) is 11.2. The summed E-state index contributed by atoms with van der Waals surface area (Å²) < 4.78 is 14.0. The first-order valence-corrected chi connectivity index (χ1v) is 7.72. The van der Waals surface area contributed by atoms with Crippen LogP contribution in [0.2, 0.25) is 5.02 Å². The summed E-state index contributed by atoms with van der Waals surface area (Å²) in [5.74, 6) is -0.249. The molecule has 0 radical (unpaired) electrons. The Morgan fingerprint density at radius 3 is 2.70 bits per heavy atom. The predicted molar refractivity (Wildman–Crippen MR) is 85.7 cm³/mol. The lowest BCUT2D eigenvalue weighted by molar-refractivity contribution is 0.590. The van der Waals surface area contributed by atoms with Gasteiger partial charge in [0.25, 0.3) is 0 Å². The normalized spacial score (nSPS) is 12.4. The standard InChI is InChI=1S/C16H16BrClFN/c1-2-8-20-16(11-4-3-5-12(18)9-11)14-7-6-13(19)10-15(14)17/h3-7,9-10,16,20H,2,8H2,1H3. The third kappa shape index (κ3) is 3.81. The third-order valence-corrected chi connectivity index (χ3v) is 3.98. The molecule has 0 saturated heterocycles. The van der Waals surface area contributed by atoms with E-state index in [-0.39, 0.29) is 11.9 Å². The Hall–Kier alpha value is -0.900. The molecule has 1 nitrogen and oxygen atoms in total. The lowest BCUT2D eigenvalue weighted by atomic mass is 9.98. The summed E-state index contributed by atoms with van der Waals surface area (Å²) in [5.41, 5.74) is 2.07. The second-order valence-corrected chi connectivity index (χ2v) is 5.90. The Morgan fingerprint density at radius 1 is 1.25 bits per heavy atom. The minimum absolute atomic E-state index is 0.0105. The number of nitrogens with one attached hydrogen (secondary N) is 1. The van der Waals surface area contributed by atoms with Crippen molar-refractivity contribution in [3.63, 3.8) is 0 Å². The molecule has 1 atom stereocenters. The van der Waals surface area contributed by atoms with Crippen LogP contribution in [0, 0.1) is 5.82 Å². The molecule has 2 aromatic carbocycles. The Kier molecular flexibility index (Phi) is 5.58. The van der Waals surface area contributed by atoms with Gasteiger partial charge in [-0.05, 0) is 48.4 Å². The van der Waals surface area contributed by atoms with E-state index in [0.717, 1.165) is 28.6 Å². The van der Waals surface area contributed by atoms with Gasteiger partial charge in [0.1, 0.15) is 5.82 Å². The summed E-state index contributed by atoms with van der Waals surface area (Å²) >= 11 is 9.52. The summed E-state index contributed by atoms with van der Waals surface area (Å²) in [6.07, 6.45) is 1.02. The molecule has 0 saturated carbocycles. The molecule has 0 spiro atoms. The van der Waals surface area contributed by atoms with Crippen LogP contribution in [-0.2, 0) is 0 Å². The molecule has 4 heteroatoms. The Bertz CT molecular complexity index is 588. The molecule has 20 heavy (non-hydrogen) atoms. The van der Waals surface area contributed by atoms with E-state index in [1.54, 1.807) is 6.07 Å². The molecular weight excluding hydrogens is 341 g/mol. The minimum Gasteiger partial charge on any atom is -0.306 e. The van der Waals surface area contributed by atoms with Gasteiger partial charge in [0.2, 0.25) is 0 Å². The van der Waals surface area contributed by atoms with Gasteiger partial charge < -0.3 is 5.32 Å². The fraction of sp³-hybridized carbons (Fsp3) is 0.250. The first-order chi connectivity index (χ1) is 9.61. The highest BCUT2D eigenvalue weighted by Crippen LogP contribution is 2.30. The Morgan fingerprint density at radius 2 is 2.05 bits per heavy atom. The molecule has 0 aliphatic rings. The van der Waals surface area contributed by atoms with Gasteiger partial charge in [-0.3, -0.25) is 0 Å². The van der Waals surface area contributed by atoms with Crippen LogP contribution >= 0.6 is 27.5 Å². The first-order valence-electron chi connectivity index (χ1n) is 6.55. The highest BCUT2D eigenvalue weighted by Gasteiger charge is 2.16. The Labute approximate surface area is 132 Å². The van der Waals surface area contributed by atoms with Gasteiger partial charge in [0.15, 0.2) is 0 Å². The highest BCUT2D eigenvalue weighted by molar-refractivity contribution is 9.10. The SMILES string of the molecule is CCCNC(c1cccc(Cl)c1)c1ccc(F)cc1Br. The fourth-order valence-corrected chi connectivity index (χ4v) is 2.90. The zero-order valence-corrected chi connectivity index (χ0v) is 13.5. The summed E-state index contributed by atoms with van der Waals surface area (Å²) in [7, 11) is 0. The number of hydrogen-bond donors (Lipinski definition) is 1. The molecule has 0 aliphatic heterocycles. The van der Waals surface area contributed by atoms with Crippen LogP contribution in [-0.4, -0.2) is 6.54 Å². The lowest BCUT2D eigenvalue weighted by Crippen LogP contribution is -2.23. The summed E-state index contributed by atoms with van der Waals surface area (Å²) in [6.45, 7) is 2.99. The molecule has 2 aromatic rings. The van der Waals surface area contributed by atoms with E-state index in [0.29, 0.717) is 5.02 Å². The molecule has 1 N–H and O–H groups in total. The molecule has 106 valence electrons. The smallest absolute Gasteiger partial charge is 0.124 e. The van der Waals surface area contributed by atoms with Gasteiger partial charge in [0, 0.05) is 9.50 Å². The summed E-state index contributed by atoms with van der Waals surface area (Å²) in [5, 5.41) is 4.18. The van der Waals surface area contributed by atoms with Crippen molar-refractivity contribution in [3.8, 4) is 0 Å². The summed E-state index contributed by atoms with van der Waals surface area (Å²) in [6, 6.07) is 12.5. The van der Waals surface area contributed by atoms with Crippen molar-refractivity contribution in [2.75, 3.05) is 6.54 Å². The Balaban J connectivity index is 2.41. The van der Waals surface area contributed by atoms with Gasteiger partial charge in [-0.15, -0.1) is 0 Å². The predicted octanol–water partition coefficient (Wildman–Crippen LogP) is 5.33. The van der Waals surface area contributed by atoms with E-state index in [1.807, 2.05) is 24.3 Å². The molecule has 1 unspecified atom stereocenters. The summed E-state index contributed by atoms with van der Waals surface area (Å²) in [4.78, 5) is 0. The van der Waals surface area contributed by atoms with Gasteiger partial charge in [-0.1, -0.05) is 52.7 Å². The van der Waals surface area contributed by atoms with Gasteiger partial charge in [0.05, 0.1) is 6.04 Å². The van der Waals surface area contributed by atoms with Crippen molar-refractivity contribution in [1.82, 2.24) is 5.32 Å². The first kappa shape index (κ1) is 15.5. The van der Waals surface area contributed by atoms with Crippen molar-refractivity contribution in [2.45, 2.75) is 19.4 Å². The van der Waals surface area contributed by atoms with E-state index < -0.39 is 0 Å². The second-order valence-electron chi connectivity index (χ2n) is 4.61. The van der Waals surface area contributed by atoms with Crippen LogP contribution < -0.4 is 5.32 Å². The van der Waals surface area contributed by atoms with Crippen LogP contribution in [0.25, 0.3) is 0 Å². The van der Waals surface area contributed by atoms with Crippen LogP contribution in [0.1, 0.15) is 30.5 Å². The van der Waals surface area contributed by atoms with Gasteiger partial charge in [-0.25, -0.2) is 4.39 Å². The van der Waals surface area contributed by atoms with Crippen LogP contribution in [0.3, 0.4) is 0 Å². The average molecular weight is 357 g/mol. The van der Waals surface area contributed by atoms with Crippen LogP contribution in [0.15, 0.2) is 46.9 Å². The molecular formula is C16H16BrClFN. The van der Waals surface area contributed by atoms with Gasteiger partial charge >= 0.3 is 0 Å². The maximum Gasteiger partial charge on any atom is 0.124 e. The fourth-order valence-electron chi connectivity index (χ4n) is 2.12. The quantitative estimate of drug-likeness (QED) is 0.763. The van der Waals surface area contributed by atoms with Crippen LogP contribution in [0.5, 0.6) is 0 Å². The second kappa shape index (κ2) is 7.21. The maximum atomic E-state index is 13.3. The number of halogens is 3. The molecule has 0 fully saturated rings. The molecule has 0 heterocycles. The average Bonchev–Trinajstić information content (AvgIpc) is 2.41. The maximum absolute atomic E-state index is 13.3. The van der Waals surface area contributed by atoms with Crippen molar-refractivity contribution in [1.29, 1.82) is 0 Å². The van der Waals surface area contributed by atoms with E-state index >= 15 is 0 Å². The molecule has 0 aliphatic carbocycles. The van der Waals surface area contributed by atoms with E-state index in [2.05, 4.69) is 28.2 Å². The van der Waals surface area contributed by atoms with Crippen molar-refractivity contribution >= 4 is 27.5 Å². The minimum atomic E-state index is -0.249. The van der Waals surface area contributed by atoms with Crippen LogP contribution in [0.4, 0.5) is 4.39 Å². The lowest BCUT2D eigenvalue weighted by Gasteiger charge is -2.21. The van der Waals surface area contributed by atoms with Crippen molar-refractivity contribution in [3.05, 3.63) is 68.9 Å². The number of benzene rings is 2. The number of hydrogen-bond acceptors (Lipinski definition) is 1. The zero-order chi connectivity index (χ0) is 14.5. The topological polar surface area (TPSA) is 12.0 Å². The van der Waals surface area contributed by atoms with E-state index in [4.69, 9.17) is 11.6 Å². The van der Waals surface area contributed by atoms with Gasteiger partial charge in [-0.2, -0.15) is 0 Å². The molecule has 0 bridgehead atoms. The largest absolute Gasteiger partial charge is 0.306 e. The molecule has 0 amide bonds.